The zero-order valence-electron chi connectivity index (χ0n) is 13.9. The zero-order valence-corrected chi connectivity index (χ0v) is 15.5. The van der Waals surface area contributed by atoms with Gasteiger partial charge in [0.25, 0.3) is 0 Å². The summed E-state index contributed by atoms with van der Waals surface area (Å²) in [7, 11) is -3.80. The molecule has 0 radical (unpaired) electrons. The summed E-state index contributed by atoms with van der Waals surface area (Å²) in [6.07, 6.45) is 2.01. The molecule has 1 aliphatic rings. The molecule has 0 fully saturated rings. The second-order valence-corrected chi connectivity index (χ2v) is 8.64. The van der Waals surface area contributed by atoms with Crippen molar-refractivity contribution in [2.75, 3.05) is 6.54 Å². The third-order valence-electron chi connectivity index (χ3n) is 4.52. The predicted molar refractivity (Wildman–Crippen MR) is 97.0 cm³/mol. The van der Waals surface area contributed by atoms with Gasteiger partial charge in [-0.05, 0) is 42.3 Å². The van der Waals surface area contributed by atoms with Gasteiger partial charge in [0.1, 0.15) is 5.82 Å². The summed E-state index contributed by atoms with van der Waals surface area (Å²) in [4.78, 5) is 8.73. The fourth-order valence-electron chi connectivity index (χ4n) is 3.17. The van der Waals surface area contributed by atoms with Crippen LogP contribution in [0.3, 0.4) is 0 Å². The molecule has 0 bridgehead atoms. The first-order chi connectivity index (χ1) is 12.3. The average molecular weight is 392 g/mol. The first-order valence-electron chi connectivity index (χ1n) is 8.05. The minimum atomic E-state index is -3.80. The molecule has 0 saturated carbocycles. The van der Waals surface area contributed by atoms with Gasteiger partial charge in [-0.15, -0.1) is 0 Å². The van der Waals surface area contributed by atoms with E-state index in [1.807, 2.05) is 6.07 Å². The number of aryl methyl sites for hydroxylation is 1. The van der Waals surface area contributed by atoms with Crippen molar-refractivity contribution in [3.05, 3.63) is 64.2 Å². The van der Waals surface area contributed by atoms with E-state index in [0.717, 1.165) is 22.7 Å². The van der Waals surface area contributed by atoms with E-state index in [1.54, 1.807) is 13.0 Å². The molecule has 134 valence electrons. The summed E-state index contributed by atoms with van der Waals surface area (Å²) >= 11 is 5.98. The standard InChI is InChI=1S/C18H15ClFN3O2S/c1-11-2-3-15(20)8-17(11)26(24,25)23-5-4-16-13(10-23)6-12-7-14(19)9-21-18(12)22-16/h2-3,6-9H,4-5,10H2,1H3. The largest absolute Gasteiger partial charge is 0.243 e. The summed E-state index contributed by atoms with van der Waals surface area (Å²) in [5, 5.41) is 1.26. The fourth-order valence-corrected chi connectivity index (χ4v) is 4.99. The van der Waals surface area contributed by atoms with Crippen LogP contribution in [0.2, 0.25) is 5.02 Å². The van der Waals surface area contributed by atoms with Gasteiger partial charge >= 0.3 is 0 Å². The number of hydrogen-bond donors (Lipinski definition) is 0. The number of benzene rings is 1. The highest BCUT2D eigenvalue weighted by Crippen LogP contribution is 2.28. The van der Waals surface area contributed by atoms with Crippen LogP contribution in [0.5, 0.6) is 0 Å². The molecule has 2 aromatic heterocycles. The summed E-state index contributed by atoms with van der Waals surface area (Å²) in [6.45, 7) is 2.13. The Balaban J connectivity index is 1.74. The van der Waals surface area contributed by atoms with Crippen LogP contribution in [0, 0.1) is 12.7 Å². The van der Waals surface area contributed by atoms with Gasteiger partial charge in [0, 0.05) is 36.8 Å². The van der Waals surface area contributed by atoms with Gasteiger partial charge in [0.15, 0.2) is 5.65 Å². The number of aromatic nitrogens is 2. The fraction of sp³-hybridized carbons (Fsp3) is 0.222. The smallest absolute Gasteiger partial charge is 0.235 e. The first kappa shape index (κ1) is 17.3. The second kappa shape index (κ2) is 6.26. The van der Waals surface area contributed by atoms with Gasteiger partial charge in [0.2, 0.25) is 10.0 Å². The highest BCUT2D eigenvalue weighted by atomic mass is 35.5. The average Bonchev–Trinajstić information content (AvgIpc) is 2.61. The Kier molecular flexibility index (Phi) is 4.17. The number of hydrogen-bond acceptors (Lipinski definition) is 4. The maximum atomic E-state index is 13.6. The molecule has 0 N–H and O–H groups in total. The molecule has 0 aliphatic carbocycles. The molecule has 8 heteroatoms. The molecule has 5 nitrogen and oxygen atoms in total. The lowest BCUT2D eigenvalue weighted by Crippen LogP contribution is -2.36. The summed E-state index contributed by atoms with van der Waals surface area (Å²) in [6, 6.07) is 7.43. The quantitative estimate of drug-likeness (QED) is 0.671. The lowest BCUT2D eigenvalue weighted by molar-refractivity contribution is 0.388. The number of fused-ring (bicyclic) bond motifs is 2. The summed E-state index contributed by atoms with van der Waals surface area (Å²) < 4.78 is 40.9. The van der Waals surface area contributed by atoms with E-state index in [9.17, 15) is 12.8 Å². The van der Waals surface area contributed by atoms with Crippen LogP contribution in [-0.4, -0.2) is 29.2 Å². The molecule has 0 saturated heterocycles. The molecule has 4 rings (SSSR count). The first-order valence-corrected chi connectivity index (χ1v) is 9.87. The predicted octanol–water partition coefficient (Wildman–Crippen LogP) is 3.48. The topological polar surface area (TPSA) is 63.2 Å². The zero-order chi connectivity index (χ0) is 18.5. The number of pyridine rings is 2. The minimum Gasteiger partial charge on any atom is -0.235 e. The van der Waals surface area contributed by atoms with Crippen molar-refractivity contribution >= 4 is 32.7 Å². The Morgan fingerprint density at radius 1 is 1.23 bits per heavy atom. The third-order valence-corrected chi connectivity index (χ3v) is 6.71. The summed E-state index contributed by atoms with van der Waals surface area (Å²) in [5.74, 6) is -0.569. The third kappa shape index (κ3) is 2.96. The monoisotopic (exact) mass is 391 g/mol. The van der Waals surface area contributed by atoms with Crippen LogP contribution in [0.25, 0.3) is 11.0 Å². The molecule has 3 aromatic rings. The van der Waals surface area contributed by atoms with E-state index in [-0.39, 0.29) is 18.0 Å². The van der Waals surface area contributed by atoms with Crippen LogP contribution in [0.1, 0.15) is 16.8 Å². The lowest BCUT2D eigenvalue weighted by Gasteiger charge is -2.28. The molecule has 0 unspecified atom stereocenters. The van der Waals surface area contributed by atoms with E-state index in [2.05, 4.69) is 9.97 Å². The molecule has 3 heterocycles. The number of rotatable bonds is 2. The van der Waals surface area contributed by atoms with Gasteiger partial charge in [-0.25, -0.2) is 22.8 Å². The van der Waals surface area contributed by atoms with E-state index in [0.29, 0.717) is 22.7 Å². The van der Waals surface area contributed by atoms with Gasteiger partial charge in [-0.2, -0.15) is 4.31 Å². The van der Waals surface area contributed by atoms with Gasteiger partial charge in [-0.1, -0.05) is 17.7 Å². The molecular weight excluding hydrogens is 377 g/mol. The Hall–Kier alpha value is -2.09. The van der Waals surface area contributed by atoms with E-state index in [4.69, 9.17) is 11.6 Å². The van der Waals surface area contributed by atoms with E-state index >= 15 is 0 Å². The van der Waals surface area contributed by atoms with Crippen LogP contribution < -0.4 is 0 Å². The summed E-state index contributed by atoms with van der Waals surface area (Å²) in [5.41, 5.74) is 2.75. The Morgan fingerprint density at radius 2 is 2.04 bits per heavy atom. The van der Waals surface area contributed by atoms with Crippen LogP contribution >= 0.6 is 11.6 Å². The van der Waals surface area contributed by atoms with Crippen LogP contribution in [0.4, 0.5) is 4.39 Å². The molecule has 26 heavy (non-hydrogen) atoms. The van der Waals surface area contributed by atoms with Crippen LogP contribution in [0.15, 0.2) is 41.4 Å². The van der Waals surface area contributed by atoms with Gasteiger partial charge < -0.3 is 0 Å². The minimum absolute atomic E-state index is 0.000547. The maximum Gasteiger partial charge on any atom is 0.243 e. The van der Waals surface area contributed by atoms with Gasteiger partial charge in [-0.3, -0.25) is 0 Å². The Labute approximate surface area is 155 Å². The van der Waals surface area contributed by atoms with Crippen molar-refractivity contribution in [3.63, 3.8) is 0 Å². The molecule has 0 spiro atoms. The van der Waals surface area contributed by atoms with Crippen molar-refractivity contribution in [3.8, 4) is 0 Å². The second-order valence-electron chi connectivity index (χ2n) is 6.29. The highest BCUT2D eigenvalue weighted by Gasteiger charge is 2.30. The molecule has 0 atom stereocenters. The van der Waals surface area contributed by atoms with E-state index < -0.39 is 15.8 Å². The highest BCUT2D eigenvalue weighted by molar-refractivity contribution is 7.89. The van der Waals surface area contributed by atoms with E-state index in [1.165, 1.54) is 22.6 Å². The Bertz CT molecular complexity index is 1130. The Morgan fingerprint density at radius 3 is 2.85 bits per heavy atom. The normalized spacial score (nSPS) is 15.2. The molecule has 0 amide bonds. The maximum absolute atomic E-state index is 13.6. The van der Waals surface area contributed by atoms with Crippen LogP contribution in [-0.2, 0) is 23.0 Å². The number of halogens is 2. The SMILES string of the molecule is Cc1ccc(F)cc1S(=O)(=O)N1CCc2nc3ncc(Cl)cc3cc2C1. The van der Waals surface area contributed by atoms with Crippen molar-refractivity contribution in [1.82, 2.24) is 14.3 Å². The van der Waals surface area contributed by atoms with Crippen molar-refractivity contribution in [2.45, 2.75) is 24.8 Å². The lowest BCUT2D eigenvalue weighted by atomic mass is 10.1. The van der Waals surface area contributed by atoms with Crippen molar-refractivity contribution < 1.29 is 12.8 Å². The van der Waals surface area contributed by atoms with Crippen molar-refractivity contribution in [1.29, 1.82) is 0 Å². The molecular formula is C18H15ClFN3O2S. The number of nitrogens with zero attached hydrogens (tertiary/aromatic N) is 3. The molecule has 1 aliphatic heterocycles. The van der Waals surface area contributed by atoms with Crippen molar-refractivity contribution in [2.24, 2.45) is 0 Å². The molecule has 1 aromatic carbocycles. The van der Waals surface area contributed by atoms with Gasteiger partial charge in [0.05, 0.1) is 9.92 Å². The number of sulfonamides is 1.